The number of guanidine groups is 1. The third kappa shape index (κ3) is 6.37. The lowest BCUT2D eigenvalue weighted by molar-refractivity contribution is -0.137. The zero-order valence-electron chi connectivity index (χ0n) is 12.1. The molecule has 118 valence electrons. The van der Waals surface area contributed by atoms with Crippen molar-refractivity contribution in [2.45, 2.75) is 32.5 Å². The molecule has 0 bridgehead atoms. The fourth-order valence-electron chi connectivity index (χ4n) is 1.49. The highest BCUT2D eigenvalue weighted by Gasteiger charge is 2.30. The summed E-state index contributed by atoms with van der Waals surface area (Å²) in [5, 5.41) is 2.98. The number of halogens is 3. The Morgan fingerprint density at radius 2 is 2.14 bits per heavy atom. The van der Waals surface area contributed by atoms with Gasteiger partial charge in [-0.05, 0) is 31.5 Å². The van der Waals surface area contributed by atoms with Crippen molar-refractivity contribution >= 4 is 5.96 Å². The van der Waals surface area contributed by atoms with Gasteiger partial charge in [-0.25, -0.2) is 4.99 Å². The van der Waals surface area contributed by atoms with Gasteiger partial charge in [0.2, 0.25) is 0 Å². The summed E-state index contributed by atoms with van der Waals surface area (Å²) < 4.78 is 42.8. The third-order valence-electron chi connectivity index (χ3n) is 2.81. The quantitative estimate of drug-likeness (QED) is 0.482. The average Bonchev–Trinajstić information content (AvgIpc) is 2.43. The summed E-state index contributed by atoms with van der Waals surface area (Å²) in [6, 6.07) is 4.96. The third-order valence-corrected chi connectivity index (χ3v) is 2.81. The molecule has 1 atom stereocenters. The van der Waals surface area contributed by atoms with Gasteiger partial charge in [-0.1, -0.05) is 13.0 Å². The standard InChI is InChI=1S/C14H20F3N3O/c1-3-10(2)20-13(18)19-7-8-21-12-6-4-5-11(9-12)14(15,16)17/h4-6,9-10H,3,7-8H2,1-2H3,(H3,18,19,20). The van der Waals surface area contributed by atoms with Crippen LogP contribution in [0.3, 0.4) is 0 Å². The Bertz CT molecular complexity index is 475. The first-order chi connectivity index (χ1) is 9.82. The van der Waals surface area contributed by atoms with E-state index in [9.17, 15) is 13.2 Å². The zero-order chi connectivity index (χ0) is 15.9. The fraction of sp³-hybridized carbons (Fsp3) is 0.500. The molecule has 0 aromatic heterocycles. The summed E-state index contributed by atoms with van der Waals surface area (Å²) in [7, 11) is 0. The summed E-state index contributed by atoms with van der Waals surface area (Å²) in [5.41, 5.74) is 4.91. The molecule has 1 aromatic carbocycles. The molecule has 1 aromatic rings. The van der Waals surface area contributed by atoms with Crippen molar-refractivity contribution in [3.63, 3.8) is 0 Å². The Hall–Kier alpha value is -1.92. The molecule has 0 saturated heterocycles. The number of hydrogen-bond acceptors (Lipinski definition) is 2. The van der Waals surface area contributed by atoms with Gasteiger partial charge in [0, 0.05) is 6.04 Å². The van der Waals surface area contributed by atoms with E-state index in [1.807, 2.05) is 13.8 Å². The lowest BCUT2D eigenvalue weighted by Crippen LogP contribution is -2.38. The monoisotopic (exact) mass is 303 g/mol. The Kier molecular flexibility index (Phi) is 6.33. The number of hydrogen-bond donors (Lipinski definition) is 2. The second-order valence-electron chi connectivity index (χ2n) is 4.59. The Balaban J connectivity index is 2.44. The predicted octanol–water partition coefficient (Wildman–Crippen LogP) is 2.79. The van der Waals surface area contributed by atoms with E-state index in [0.717, 1.165) is 18.6 Å². The van der Waals surface area contributed by atoms with Crippen LogP contribution in [-0.2, 0) is 6.18 Å². The maximum absolute atomic E-state index is 12.5. The fourth-order valence-corrected chi connectivity index (χ4v) is 1.49. The van der Waals surface area contributed by atoms with Crippen LogP contribution in [0.25, 0.3) is 0 Å². The maximum atomic E-state index is 12.5. The molecule has 0 aliphatic carbocycles. The maximum Gasteiger partial charge on any atom is 0.416 e. The van der Waals surface area contributed by atoms with Crippen LogP contribution in [0.2, 0.25) is 0 Å². The van der Waals surface area contributed by atoms with Crippen LogP contribution in [0.15, 0.2) is 29.3 Å². The molecule has 1 rings (SSSR count). The van der Waals surface area contributed by atoms with Crippen LogP contribution in [-0.4, -0.2) is 25.2 Å². The first kappa shape index (κ1) is 17.1. The van der Waals surface area contributed by atoms with Gasteiger partial charge in [0.25, 0.3) is 0 Å². The SMILES string of the molecule is CCC(C)NC(N)=NCCOc1cccc(C(F)(F)F)c1. The summed E-state index contributed by atoms with van der Waals surface area (Å²) in [4.78, 5) is 4.03. The van der Waals surface area contributed by atoms with Crippen molar-refractivity contribution in [1.29, 1.82) is 0 Å². The van der Waals surface area contributed by atoms with Crippen molar-refractivity contribution in [2.24, 2.45) is 10.7 Å². The Morgan fingerprint density at radius 3 is 2.76 bits per heavy atom. The van der Waals surface area contributed by atoms with Crippen LogP contribution in [0.5, 0.6) is 5.75 Å². The van der Waals surface area contributed by atoms with Crippen molar-refractivity contribution in [3.05, 3.63) is 29.8 Å². The minimum Gasteiger partial charge on any atom is -0.492 e. The minimum atomic E-state index is -4.37. The van der Waals surface area contributed by atoms with Crippen LogP contribution in [0.4, 0.5) is 13.2 Å². The summed E-state index contributed by atoms with van der Waals surface area (Å²) in [6.07, 6.45) is -3.46. The molecule has 0 saturated carbocycles. The van der Waals surface area contributed by atoms with Crippen molar-refractivity contribution in [3.8, 4) is 5.75 Å². The highest BCUT2D eigenvalue weighted by atomic mass is 19.4. The van der Waals surface area contributed by atoms with E-state index >= 15 is 0 Å². The van der Waals surface area contributed by atoms with Gasteiger partial charge in [-0.2, -0.15) is 13.2 Å². The van der Waals surface area contributed by atoms with Gasteiger partial charge < -0.3 is 15.8 Å². The second-order valence-corrected chi connectivity index (χ2v) is 4.59. The zero-order valence-corrected chi connectivity index (χ0v) is 12.1. The van der Waals surface area contributed by atoms with E-state index in [-0.39, 0.29) is 24.9 Å². The number of nitrogens with one attached hydrogen (secondary N) is 1. The van der Waals surface area contributed by atoms with Gasteiger partial charge in [-0.3, -0.25) is 0 Å². The van der Waals surface area contributed by atoms with Crippen molar-refractivity contribution in [1.82, 2.24) is 5.32 Å². The van der Waals surface area contributed by atoms with Crippen molar-refractivity contribution < 1.29 is 17.9 Å². The van der Waals surface area contributed by atoms with E-state index in [2.05, 4.69) is 10.3 Å². The Labute approximate surface area is 122 Å². The van der Waals surface area contributed by atoms with E-state index in [1.54, 1.807) is 0 Å². The number of aliphatic imine (C=N–C) groups is 1. The van der Waals surface area contributed by atoms with Crippen LogP contribution >= 0.6 is 0 Å². The van der Waals surface area contributed by atoms with Gasteiger partial charge >= 0.3 is 6.18 Å². The second kappa shape index (κ2) is 7.75. The molecule has 0 fully saturated rings. The van der Waals surface area contributed by atoms with Crippen LogP contribution in [0.1, 0.15) is 25.8 Å². The number of nitrogens with zero attached hydrogens (tertiary/aromatic N) is 1. The molecule has 0 spiro atoms. The predicted molar refractivity (Wildman–Crippen MR) is 76.3 cm³/mol. The Morgan fingerprint density at radius 1 is 1.43 bits per heavy atom. The van der Waals surface area contributed by atoms with Crippen molar-refractivity contribution in [2.75, 3.05) is 13.2 Å². The molecule has 1 unspecified atom stereocenters. The van der Waals surface area contributed by atoms with Crippen LogP contribution in [0, 0.1) is 0 Å². The number of rotatable bonds is 6. The molecule has 0 amide bonds. The molecule has 0 radical (unpaired) electrons. The van der Waals surface area contributed by atoms with Gasteiger partial charge in [0.15, 0.2) is 5.96 Å². The molecule has 0 aliphatic heterocycles. The lowest BCUT2D eigenvalue weighted by Gasteiger charge is -2.12. The molecule has 21 heavy (non-hydrogen) atoms. The molecule has 4 nitrogen and oxygen atoms in total. The summed E-state index contributed by atoms with van der Waals surface area (Å²) >= 11 is 0. The smallest absolute Gasteiger partial charge is 0.416 e. The average molecular weight is 303 g/mol. The van der Waals surface area contributed by atoms with Crippen LogP contribution < -0.4 is 15.8 Å². The number of ether oxygens (including phenoxy) is 1. The molecule has 7 heteroatoms. The van der Waals surface area contributed by atoms with Gasteiger partial charge in [0.1, 0.15) is 12.4 Å². The molecule has 0 heterocycles. The molecular weight excluding hydrogens is 283 g/mol. The van der Waals surface area contributed by atoms with E-state index < -0.39 is 11.7 Å². The van der Waals surface area contributed by atoms with Gasteiger partial charge in [0.05, 0.1) is 12.1 Å². The van der Waals surface area contributed by atoms with Gasteiger partial charge in [-0.15, -0.1) is 0 Å². The minimum absolute atomic E-state index is 0.157. The number of benzene rings is 1. The molecule has 3 N–H and O–H groups in total. The number of alkyl halides is 3. The first-order valence-corrected chi connectivity index (χ1v) is 6.69. The van der Waals surface area contributed by atoms with E-state index in [4.69, 9.17) is 10.5 Å². The molecular formula is C14H20F3N3O. The largest absolute Gasteiger partial charge is 0.492 e. The van der Waals surface area contributed by atoms with E-state index in [0.29, 0.717) is 5.96 Å². The summed E-state index contributed by atoms with van der Waals surface area (Å²) in [5.74, 6) is 0.463. The molecule has 0 aliphatic rings. The number of nitrogens with two attached hydrogens (primary N) is 1. The first-order valence-electron chi connectivity index (χ1n) is 6.69. The highest BCUT2D eigenvalue weighted by molar-refractivity contribution is 5.78. The highest BCUT2D eigenvalue weighted by Crippen LogP contribution is 2.31. The topological polar surface area (TPSA) is 59.6 Å². The normalized spacial score (nSPS) is 13.9. The summed E-state index contributed by atoms with van der Waals surface area (Å²) in [6.45, 7) is 4.42. The lowest BCUT2D eigenvalue weighted by atomic mass is 10.2. The van der Waals surface area contributed by atoms with E-state index in [1.165, 1.54) is 12.1 Å².